The van der Waals surface area contributed by atoms with Crippen molar-refractivity contribution in [3.05, 3.63) is 12.3 Å². The van der Waals surface area contributed by atoms with E-state index in [1.54, 1.807) is 0 Å². The van der Waals surface area contributed by atoms with E-state index in [1.165, 1.54) is 31.5 Å². The lowest BCUT2D eigenvalue weighted by Gasteiger charge is -2.28. The third-order valence-corrected chi connectivity index (χ3v) is 3.46. The summed E-state index contributed by atoms with van der Waals surface area (Å²) >= 11 is 0. The molecule has 1 heterocycles. The number of hydrogen-bond donors (Lipinski definition) is 1. The maximum absolute atomic E-state index is 4.33. The van der Waals surface area contributed by atoms with E-state index in [0.29, 0.717) is 6.04 Å². The average molecular weight is 221 g/mol. The Morgan fingerprint density at radius 2 is 2.38 bits per heavy atom. The molecule has 0 amide bonds. The highest BCUT2D eigenvalue weighted by Gasteiger charge is 2.20. The van der Waals surface area contributed by atoms with Crippen LogP contribution in [0.15, 0.2) is 12.3 Å². The fraction of sp³-hybridized carbons (Fsp3) is 0.769. The van der Waals surface area contributed by atoms with Gasteiger partial charge in [0, 0.05) is 18.7 Å². The summed E-state index contributed by atoms with van der Waals surface area (Å²) in [5.74, 6) is 2.14. The van der Waals surface area contributed by atoms with Gasteiger partial charge in [0.2, 0.25) is 0 Å². The molecule has 0 aromatic carbocycles. The van der Waals surface area contributed by atoms with E-state index in [-0.39, 0.29) is 0 Å². The van der Waals surface area contributed by atoms with Gasteiger partial charge in [0.05, 0.1) is 6.20 Å². The van der Waals surface area contributed by atoms with Crippen LogP contribution >= 0.6 is 0 Å². The molecule has 1 saturated carbocycles. The van der Waals surface area contributed by atoms with Gasteiger partial charge in [0.25, 0.3) is 0 Å². The highest BCUT2D eigenvalue weighted by molar-refractivity contribution is 5.34. The van der Waals surface area contributed by atoms with E-state index >= 15 is 0 Å². The second-order valence-corrected chi connectivity index (χ2v) is 5.02. The number of rotatable bonds is 6. The molecule has 1 N–H and O–H groups in total. The second kappa shape index (κ2) is 5.37. The Bertz CT molecular complexity index is 315. The van der Waals surface area contributed by atoms with Crippen molar-refractivity contribution in [2.75, 3.05) is 5.32 Å². The Kier molecular flexibility index (Phi) is 3.86. The minimum Gasteiger partial charge on any atom is -0.368 e. The van der Waals surface area contributed by atoms with Crippen LogP contribution in [0, 0.1) is 5.92 Å². The monoisotopic (exact) mass is 221 g/mol. The fourth-order valence-electron chi connectivity index (χ4n) is 2.39. The van der Waals surface area contributed by atoms with Gasteiger partial charge >= 0.3 is 0 Å². The smallest absolute Gasteiger partial charge is 0.124 e. The number of nitrogens with one attached hydrogen (secondary N) is 1. The third-order valence-electron chi connectivity index (χ3n) is 3.46. The zero-order chi connectivity index (χ0) is 11.4. The van der Waals surface area contributed by atoms with E-state index in [1.807, 2.05) is 6.20 Å². The summed E-state index contributed by atoms with van der Waals surface area (Å²) in [7, 11) is 0. The molecule has 2 rings (SSSR count). The van der Waals surface area contributed by atoms with Gasteiger partial charge in [-0.25, -0.2) is 4.68 Å². The molecule has 0 spiro atoms. The second-order valence-electron chi connectivity index (χ2n) is 5.02. The third kappa shape index (κ3) is 2.77. The van der Waals surface area contributed by atoms with Crippen molar-refractivity contribution in [2.45, 2.75) is 58.5 Å². The zero-order valence-electron chi connectivity index (χ0n) is 10.4. The number of aromatic nitrogens is 2. The summed E-state index contributed by atoms with van der Waals surface area (Å²) in [6, 6.07) is 2.64. The first-order valence-corrected chi connectivity index (χ1v) is 6.58. The summed E-state index contributed by atoms with van der Waals surface area (Å²) in [6.45, 7) is 5.47. The number of aryl methyl sites for hydroxylation is 1. The molecule has 16 heavy (non-hydrogen) atoms. The van der Waals surface area contributed by atoms with Crippen LogP contribution in [-0.2, 0) is 6.54 Å². The van der Waals surface area contributed by atoms with E-state index in [4.69, 9.17) is 0 Å². The Hall–Kier alpha value is -0.990. The van der Waals surface area contributed by atoms with Gasteiger partial charge in [0.15, 0.2) is 0 Å². The molecule has 1 unspecified atom stereocenters. The number of hydrogen-bond acceptors (Lipinski definition) is 2. The van der Waals surface area contributed by atoms with Gasteiger partial charge in [-0.3, -0.25) is 0 Å². The summed E-state index contributed by atoms with van der Waals surface area (Å²) in [5.41, 5.74) is 0. The summed E-state index contributed by atoms with van der Waals surface area (Å²) in [5, 5.41) is 7.90. The lowest BCUT2D eigenvalue weighted by atomic mass is 9.81. The first-order chi connectivity index (χ1) is 7.79. The molecule has 1 aliphatic carbocycles. The average Bonchev–Trinajstić information content (AvgIpc) is 2.60. The Balaban J connectivity index is 1.84. The maximum Gasteiger partial charge on any atom is 0.124 e. The van der Waals surface area contributed by atoms with Crippen LogP contribution < -0.4 is 5.32 Å². The summed E-state index contributed by atoms with van der Waals surface area (Å²) < 4.78 is 2.07. The van der Waals surface area contributed by atoms with Gasteiger partial charge in [0.1, 0.15) is 5.82 Å². The molecule has 1 aromatic heterocycles. The molecule has 1 atom stereocenters. The highest BCUT2D eigenvalue weighted by Crippen LogP contribution is 2.31. The fourth-order valence-corrected chi connectivity index (χ4v) is 2.39. The zero-order valence-corrected chi connectivity index (χ0v) is 10.4. The number of nitrogens with zero attached hydrogens (tertiary/aromatic N) is 2. The minimum absolute atomic E-state index is 0.567. The predicted molar refractivity (Wildman–Crippen MR) is 67.6 cm³/mol. The van der Waals surface area contributed by atoms with Crippen LogP contribution in [0.4, 0.5) is 5.82 Å². The van der Waals surface area contributed by atoms with Crippen molar-refractivity contribution in [1.82, 2.24) is 9.78 Å². The molecular formula is C13H23N3. The van der Waals surface area contributed by atoms with Crippen molar-refractivity contribution >= 4 is 5.82 Å². The Morgan fingerprint density at radius 1 is 1.56 bits per heavy atom. The minimum atomic E-state index is 0.567. The standard InChI is InChI=1S/C13H23N3/c1-3-9-16-13(7-8-14-16)15-11(2)10-12-5-4-6-12/h7-8,11-12,15H,3-6,9-10H2,1-2H3. The molecule has 1 aromatic rings. The summed E-state index contributed by atoms with van der Waals surface area (Å²) in [6.07, 6.45) is 8.62. The largest absolute Gasteiger partial charge is 0.368 e. The SMILES string of the molecule is CCCn1nccc1NC(C)CC1CCC1. The summed E-state index contributed by atoms with van der Waals surface area (Å²) in [4.78, 5) is 0. The molecule has 0 saturated heterocycles. The van der Waals surface area contributed by atoms with Crippen LogP contribution in [0.2, 0.25) is 0 Å². The molecule has 0 bridgehead atoms. The van der Waals surface area contributed by atoms with Gasteiger partial charge in [-0.2, -0.15) is 5.10 Å². The van der Waals surface area contributed by atoms with Crippen LogP contribution in [-0.4, -0.2) is 15.8 Å². The van der Waals surface area contributed by atoms with E-state index in [2.05, 4.69) is 35.0 Å². The molecule has 3 heteroatoms. The van der Waals surface area contributed by atoms with Gasteiger partial charge < -0.3 is 5.32 Å². The lowest BCUT2D eigenvalue weighted by Crippen LogP contribution is -2.24. The van der Waals surface area contributed by atoms with Crippen molar-refractivity contribution in [2.24, 2.45) is 5.92 Å². The maximum atomic E-state index is 4.33. The van der Waals surface area contributed by atoms with Crippen molar-refractivity contribution in [3.63, 3.8) is 0 Å². The predicted octanol–water partition coefficient (Wildman–Crippen LogP) is 3.28. The molecule has 0 aliphatic heterocycles. The first-order valence-electron chi connectivity index (χ1n) is 6.58. The van der Waals surface area contributed by atoms with E-state index in [9.17, 15) is 0 Å². The van der Waals surface area contributed by atoms with Crippen LogP contribution in [0.25, 0.3) is 0 Å². The molecule has 3 nitrogen and oxygen atoms in total. The van der Waals surface area contributed by atoms with E-state index < -0.39 is 0 Å². The highest BCUT2D eigenvalue weighted by atomic mass is 15.3. The molecule has 1 aliphatic rings. The van der Waals surface area contributed by atoms with Crippen LogP contribution in [0.5, 0.6) is 0 Å². The topological polar surface area (TPSA) is 29.9 Å². The van der Waals surface area contributed by atoms with Crippen molar-refractivity contribution in [3.8, 4) is 0 Å². The van der Waals surface area contributed by atoms with Gasteiger partial charge in [-0.1, -0.05) is 26.2 Å². The van der Waals surface area contributed by atoms with Crippen molar-refractivity contribution in [1.29, 1.82) is 0 Å². The Labute approximate surface area is 98.2 Å². The van der Waals surface area contributed by atoms with Gasteiger partial charge in [-0.15, -0.1) is 0 Å². The first kappa shape index (κ1) is 11.5. The molecular weight excluding hydrogens is 198 g/mol. The number of anilines is 1. The quantitative estimate of drug-likeness (QED) is 0.799. The Morgan fingerprint density at radius 3 is 3.00 bits per heavy atom. The van der Waals surface area contributed by atoms with Crippen LogP contribution in [0.3, 0.4) is 0 Å². The van der Waals surface area contributed by atoms with Crippen LogP contribution in [0.1, 0.15) is 46.0 Å². The molecule has 1 fully saturated rings. The normalized spacial score (nSPS) is 18.1. The van der Waals surface area contributed by atoms with E-state index in [0.717, 1.165) is 18.9 Å². The molecule has 90 valence electrons. The van der Waals surface area contributed by atoms with Crippen molar-refractivity contribution < 1.29 is 0 Å². The lowest BCUT2D eigenvalue weighted by molar-refractivity contribution is 0.285. The molecule has 0 radical (unpaired) electrons. The van der Waals surface area contributed by atoms with Gasteiger partial charge in [-0.05, 0) is 25.7 Å².